The fourth-order valence-electron chi connectivity index (χ4n) is 0.794. The molecule has 0 bridgehead atoms. The molecule has 0 aromatic carbocycles. The van der Waals surface area contributed by atoms with E-state index in [1.54, 1.807) is 0 Å². The molecule has 0 fully saturated rings. The summed E-state index contributed by atoms with van der Waals surface area (Å²) in [6.07, 6.45) is 0. The largest absolute Gasteiger partial charge is 0.467 e. The van der Waals surface area contributed by atoms with E-state index in [0.717, 1.165) is 0 Å². The highest BCUT2D eigenvalue weighted by Gasteiger charge is 2.09. The third-order valence-electron chi connectivity index (χ3n) is 1.49. The van der Waals surface area contributed by atoms with Gasteiger partial charge in [0.05, 0.1) is 14.2 Å². The summed E-state index contributed by atoms with van der Waals surface area (Å²) < 4.78 is 9.81. The van der Waals surface area contributed by atoms with Gasteiger partial charge in [0.2, 0.25) is 0 Å². The molecule has 0 radical (unpaired) electrons. The molecule has 5 nitrogen and oxygen atoms in total. The Hall–Kier alpha value is -1.39. The Bertz CT molecular complexity index is 268. The molecule has 0 aliphatic heterocycles. The van der Waals surface area contributed by atoms with Gasteiger partial charge in [0.15, 0.2) is 0 Å². The van der Waals surface area contributed by atoms with Gasteiger partial charge in [-0.15, -0.1) is 4.98 Å². The van der Waals surface area contributed by atoms with Gasteiger partial charge in [-0.3, -0.25) is 0 Å². The van der Waals surface area contributed by atoms with E-state index in [2.05, 4.69) is 15.0 Å². The van der Waals surface area contributed by atoms with Gasteiger partial charge in [-0.25, -0.2) is 0 Å². The van der Waals surface area contributed by atoms with Crippen LogP contribution in [0.4, 0.5) is 0 Å². The zero-order valence-electron chi connectivity index (χ0n) is 10.2. The van der Waals surface area contributed by atoms with E-state index in [0.29, 0.717) is 5.82 Å². The van der Waals surface area contributed by atoms with Crippen molar-refractivity contribution in [3.05, 3.63) is 5.82 Å². The van der Waals surface area contributed by atoms with Crippen molar-refractivity contribution >= 4 is 0 Å². The van der Waals surface area contributed by atoms with Crippen LogP contribution in [-0.2, 0) is 0 Å². The summed E-state index contributed by atoms with van der Waals surface area (Å²) in [4.78, 5) is 12.0. The smallest absolute Gasteiger partial charge is 0.322 e. The average Bonchev–Trinajstić information content (AvgIpc) is 2.30. The molecule has 0 atom stereocenters. The SMILES string of the molecule is CC.COc1nc(OC)nc(C(C)C)n1. The molecule has 0 aliphatic rings. The number of rotatable bonds is 3. The van der Waals surface area contributed by atoms with Crippen molar-refractivity contribution in [1.29, 1.82) is 0 Å². The minimum atomic E-state index is 0.228. The van der Waals surface area contributed by atoms with Crippen LogP contribution < -0.4 is 9.47 Å². The van der Waals surface area contributed by atoms with Crippen molar-refractivity contribution in [2.45, 2.75) is 33.6 Å². The van der Waals surface area contributed by atoms with Gasteiger partial charge in [0.25, 0.3) is 0 Å². The first-order valence-electron chi connectivity index (χ1n) is 5.01. The van der Waals surface area contributed by atoms with E-state index in [4.69, 9.17) is 9.47 Å². The Balaban J connectivity index is 0.000000921. The summed E-state index contributed by atoms with van der Waals surface area (Å²) >= 11 is 0. The third kappa shape index (κ3) is 4.10. The fourth-order valence-corrected chi connectivity index (χ4v) is 0.794. The molecule has 1 aromatic rings. The maximum Gasteiger partial charge on any atom is 0.322 e. The number of nitrogens with zero attached hydrogens (tertiary/aromatic N) is 3. The van der Waals surface area contributed by atoms with E-state index < -0.39 is 0 Å². The highest BCUT2D eigenvalue weighted by atomic mass is 16.5. The van der Waals surface area contributed by atoms with Crippen LogP contribution in [0.1, 0.15) is 39.4 Å². The highest BCUT2D eigenvalue weighted by Crippen LogP contribution is 2.14. The minimum Gasteiger partial charge on any atom is -0.467 e. The standard InChI is InChI=1S/C8H13N3O2.C2H6/c1-5(2)6-9-7(12-3)11-8(10-6)13-4;1-2/h5H,1-4H3;1-2H3. The molecule has 15 heavy (non-hydrogen) atoms. The van der Waals surface area contributed by atoms with Gasteiger partial charge in [-0.2, -0.15) is 9.97 Å². The number of aromatic nitrogens is 3. The summed E-state index contributed by atoms with van der Waals surface area (Å²) in [5.41, 5.74) is 0. The second-order valence-electron chi connectivity index (χ2n) is 2.82. The summed E-state index contributed by atoms with van der Waals surface area (Å²) in [7, 11) is 3.03. The van der Waals surface area contributed by atoms with Crippen molar-refractivity contribution in [1.82, 2.24) is 15.0 Å². The lowest BCUT2D eigenvalue weighted by molar-refractivity contribution is 0.335. The lowest BCUT2D eigenvalue weighted by Crippen LogP contribution is -2.04. The molecule has 0 amide bonds. The monoisotopic (exact) mass is 213 g/mol. The van der Waals surface area contributed by atoms with Gasteiger partial charge >= 0.3 is 12.0 Å². The summed E-state index contributed by atoms with van der Waals surface area (Å²) in [6.45, 7) is 7.99. The van der Waals surface area contributed by atoms with Gasteiger partial charge in [-0.05, 0) is 0 Å². The van der Waals surface area contributed by atoms with E-state index in [1.807, 2.05) is 27.7 Å². The quantitative estimate of drug-likeness (QED) is 0.769. The molecule has 5 heteroatoms. The fraction of sp³-hybridized carbons (Fsp3) is 0.700. The molecule has 0 spiro atoms. The number of hydrogen-bond acceptors (Lipinski definition) is 5. The topological polar surface area (TPSA) is 57.1 Å². The van der Waals surface area contributed by atoms with Gasteiger partial charge in [0.1, 0.15) is 5.82 Å². The zero-order chi connectivity index (χ0) is 11.8. The highest BCUT2D eigenvalue weighted by molar-refractivity contribution is 5.07. The molecule has 1 rings (SSSR count). The van der Waals surface area contributed by atoms with Gasteiger partial charge < -0.3 is 9.47 Å². The molecule has 1 heterocycles. The number of methoxy groups -OCH3 is 2. The van der Waals surface area contributed by atoms with Crippen molar-refractivity contribution in [3.8, 4) is 12.0 Å². The summed E-state index contributed by atoms with van der Waals surface area (Å²) in [6, 6.07) is 0.575. The Morgan fingerprint density at radius 2 is 1.27 bits per heavy atom. The minimum absolute atomic E-state index is 0.228. The lowest BCUT2D eigenvalue weighted by Gasteiger charge is -2.06. The van der Waals surface area contributed by atoms with Crippen LogP contribution in [0.25, 0.3) is 0 Å². The second-order valence-corrected chi connectivity index (χ2v) is 2.82. The lowest BCUT2D eigenvalue weighted by atomic mass is 10.2. The molecule has 86 valence electrons. The molecule has 0 N–H and O–H groups in total. The van der Waals surface area contributed by atoms with Gasteiger partial charge in [0, 0.05) is 5.92 Å². The van der Waals surface area contributed by atoms with Crippen LogP contribution in [0.5, 0.6) is 12.0 Å². The first kappa shape index (κ1) is 13.6. The van der Waals surface area contributed by atoms with Crippen LogP contribution in [0.3, 0.4) is 0 Å². The van der Waals surface area contributed by atoms with Crippen molar-refractivity contribution in [2.75, 3.05) is 14.2 Å². The van der Waals surface area contributed by atoms with Crippen molar-refractivity contribution < 1.29 is 9.47 Å². The van der Waals surface area contributed by atoms with E-state index in [9.17, 15) is 0 Å². The molecule has 0 saturated carbocycles. The second kappa shape index (κ2) is 6.98. The Kier molecular flexibility index (Phi) is 6.33. The molecular weight excluding hydrogens is 194 g/mol. The molecule has 1 aromatic heterocycles. The molecule has 0 aliphatic carbocycles. The first-order valence-corrected chi connectivity index (χ1v) is 5.01. The van der Waals surface area contributed by atoms with Crippen LogP contribution in [0.15, 0.2) is 0 Å². The number of ether oxygens (including phenoxy) is 2. The summed E-state index contributed by atoms with van der Waals surface area (Å²) in [5.74, 6) is 0.898. The predicted octanol–water partition coefficient (Wildman–Crippen LogP) is 2.04. The van der Waals surface area contributed by atoms with E-state index in [-0.39, 0.29) is 17.9 Å². The third-order valence-corrected chi connectivity index (χ3v) is 1.49. The van der Waals surface area contributed by atoms with Gasteiger partial charge in [-0.1, -0.05) is 27.7 Å². The molecule has 0 unspecified atom stereocenters. The Morgan fingerprint density at radius 1 is 0.867 bits per heavy atom. The van der Waals surface area contributed by atoms with Crippen LogP contribution in [0.2, 0.25) is 0 Å². The Labute approximate surface area is 90.9 Å². The van der Waals surface area contributed by atoms with Crippen LogP contribution in [-0.4, -0.2) is 29.2 Å². The number of hydrogen-bond donors (Lipinski definition) is 0. The summed E-state index contributed by atoms with van der Waals surface area (Å²) in [5, 5.41) is 0. The average molecular weight is 213 g/mol. The van der Waals surface area contributed by atoms with Crippen LogP contribution in [0, 0.1) is 0 Å². The molecular formula is C10H19N3O2. The zero-order valence-corrected chi connectivity index (χ0v) is 10.2. The van der Waals surface area contributed by atoms with Crippen LogP contribution >= 0.6 is 0 Å². The predicted molar refractivity (Wildman–Crippen MR) is 58.4 cm³/mol. The van der Waals surface area contributed by atoms with E-state index in [1.165, 1.54) is 14.2 Å². The maximum absolute atomic E-state index is 4.91. The van der Waals surface area contributed by atoms with Crippen molar-refractivity contribution in [3.63, 3.8) is 0 Å². The van der Waals surface area contributed by atoms with E-state index >= 15 is 0 Å². The first-order chi connectivity index (χ1) is 7.17. The molecule has 0 saturated heterocycles. The maximum atomic E-state index is 4.91. The Morgan fingerprint density at radius 3 is 1.53 bits per heavy atom. The van der Waals surface area contributed by atoms with Crippen molar-refractivity contribution in [2.24, 2.45) is 0 Å². The normalized spacial score (nSPS) is 9.27.